The van der Waals surface area contributed by atoms with Crippen molar-refractivity contribution in [2.24, 2.45) is 0 Å². The molecular formula is C19H19N5O4. The van der Waals surface area contributed by atoms with E-state index in [1.807, 2.05) is 12.3 Å². The highest BCUT2D eigenvalue weighted by atomic mass is 16.5. The Morgan fingerprint density at radius 2 is 2.07 bits per heavy atom. The number of aromatic nitrogens is 3. The van der Waals surface area contributed by atoms with Crippen LogP contribution in [0.2, 0.25) is 0 Å². The van der Waals surface area contributed by atoms with Gasteiger partial charge in [-0.15, -0.1) is 5.10 Å². The lowest BCUT2D eigenvalue weighted by atomic mass is 10.0. The molecular weight excluding hydrogens is 362 g/mol. The van der Waals surface area contributed by atoms with Crippen LogP contribution in [0.3, 0.4) is 0 Å². The molecule has 0 bridgehead atoms. The van der Waals surface area contributed by atoms with Crippen molar-refractivity contribution in [3.63, 3.8) is 0 Å². The number of amides is 3. The molecule has 4 heterocycles. The number of carbonyl (C=O) groups is 3. The van der Waals surface area contributed by atoms with Crippen LogP contribution in [0.15, 0.2) is 24.4 Å². The molecule has 3 aliphatic heterocycles. The van der Waals surface area contributed by atoms with E-state index < -0.39 is 11.9 Å². The average molecular weight is 381 g/mol. The molecule has 2 atom stereocenters. The van der Waals surface area contributed by atoms with Gasteiger partial charge in [0.05, 0.1) is 24.2 Å². The van der Waals surface area contributed by atoms with Gasteiger partial charge in [0.25, 0.3) is 5.91 Å². The average Bonchev–Trinajstić information content (AvgIpc) is 3.42. The number of imide groups is 1. The van der Waals surface area contributed by atoms with Gasteiger partial charge < -0.3 is 9.64 Å². The van der Waals surface area contributed by atoms with Gasteiger partial charge in [-0.05, 0) is 25.0 Å². The van der Waals surface area contributed by atoms with Crippen molar-refractivity contribution in [3.05, 3.63) is 41.2 Å². The van der Waals surface area contributed by atoms with Crippen LogP contribution in [0.1, 0.15) is 46.8 Å². The van der Waals surface area contributed by atoms with E-state index in [2.05, 4.69) is 15.6 Å². The topological polar surface area (TPSA) is 106 Å². The van der Waals surface area contributed by atoms with Gasteiger partial charge in [0.15, 0.2) is 0 Å². The summed E-state index contributed by atoms with van der Waals surface area (Å²) in [7, 11) is 0. The predicted molar refractivity (Wildman–Crippen MR) is 95.6 cm³/mol. The first-order chi connectivity index (χ1) is 13.6. The van der Waals surface area contributed by atoms with E-state index in [9.17, 15) is 14.4 Å². The van der Waals surface area contributed by atoms with Gasteiger partial charge in [0, 0.05) is 36.6 Å². The first-order valence-electron chi connectivity index (χ1n) is 9.39. The Morgan fingerprint density at radius 3 is 2.86 bits per heavy atom. The molecule has 9 nitrogen and oxygen atoms in total. The largest absolute Gasteiger partial charge is 0.381 e. The second-order valence-corrected chi connectivity index (χ2v) is 7.35. The Hall–Kier alpha value is -3.07. The Balaban J connectivity index is 1.45. The fourth-order valence-electron chi connectivity index (χ4n) is 4.13. The summed E-state index contributed by atoms with van der Waals surface area (Å²) >= 11 is 0. The molecule has 0 aliphatic carbocycles. The maximum absolute atomic E-state index is 12.9. The molecule has 144 valence electrons. The van der Waals surface area contributed by atoms with Crippen molar-refractivity contribution >= 4 is 17.7 Å². The highest BCUT2D eigenvalue weighted by molar-refractivity contribution is 6.05. The highest BCUT2D eigenvalue weighted by Crippen LogP contribution is 2.32. The summed E-state index contributed by atoms with van der Waals surface area (Å²) in [6.45, 7) is 1.68. The number of hydrogen-bond donors (Lipinski definition) is 1. The molecule has 1 N–H and O–H groups in total. The zero-order valence-electron chi connectivity index (χ0n) is 15.1. The zero-order valence-corrected chi connectivity index (χ0v) is 15.1. The van der Waals surface area contributed by atoms with Gasteiger partial charge in [-0.25, -0.2) is 4.68 Å². The number of hydrogen-bond acceptors (Lipinski definition) is 6. The number of nitrogens with one attached hydrogen (secondary N) is 1. The maximum atomic E-state index is 12.9. The lowest BCUT2D eigenvalue weighted by Crippen LogP contribution is -2.52. The molecule has 0 radical (unpaired) electrons. The van der Waals surface area contributed by atoms with Crippen LogP contribution < -0.4 is 5.32 Å². The fourth-order valence-corrected chi connectivity index (χ4v) is 4.13. The van der Waals surface area contributed by atoms with Gasteiger partial charge in [0.2, 0.25) is 11.8 Å². The van der Waals surface area contributed by atoms with E-state index in [1.165, 1.54) is 0 Å². The number of piperidine rings is 1. The summed E-state index contributed by atoms with van der Waals surface area (Å²) in [6, 6.07) is 4.83. The predicted octanol–water partition coefficient (Wildman–Crippen LogP) is 0.532. The maximum Gasteiger partial charge on any atom is 0.255 e. The van der Waals surface area contributed by atoms with E-state index in [0.717, 1.165) is 30.0 Å². The zero-order chi connectivity index (χ0) is 19.3. The molecule has 0 spiro atoms. The van der Waals surface area contributed by atoms with Crippen molar-refractivity contribution in [2.75, 3.05) is 13.2 Å². The Morgan fingerprint density at radius 1 is 1.18 bits per heavy atom. The third-order valence-corrected chi connectivity index (χ3v) is 5.66. The van der Waals surface area contributed by atoms with Gasteiger partial charge in [-0.2, -0.15) is 0 Å². The van der Waals surface area contributed by atoms with Gasteiger partial charge >= 0.3 is 0 Å². The van der Waals surface area contributed by atoms with Gasteiger partial charge in [0.1, 0.15) is 6.04 Å². The summed E-state index contributed by atoms with van der Waals surface area (Å²) in [4.78, 5) is 38.1. The number of nitrogens with zero attached hydrogens (tertiary/aromatic N) is 4. The van der Waals surface area contributed by atoms with E-state index in [-0.39, 0.29) is 24.2 Å². The lowest BCUT2D eigenvalue weighted by molar-refractivity contribution is -0.136. The molecule has 2 fully saturated rings. The van der Waals surface area contributed by atoms with E-state index in [0.29, 0.717) is 25.1 Å². The van der Waals surface area contributed by atoms with Crippen LogP contribution in [-0.4, -0.2) is 56.9 Å². The summed E-state index contributed by atoms with van der Waals surface area (Å²) < 4.78 is 7.11. The molecule has 3 amide bonds. The van der Waals surface area contributed by atoms with E-state index >= 15 is 0 Å². The summed E-state index contributed by atoms with van der Waals surface area (Å²) in [5.41, 5.74) is 3.03. The molecule has 1 aromatic carbocycles. The molecule has 9 heteroatoms. The molecule has 2 unspecified atom stereocenters. The van der Waals surface area contributed by atoms with Crippen LogP contribution >= 0.6 is 0 Å². The second-order valence-electron chi connectivity index (χ2n) is 7.35. The van der Waals surface area contributed by atoms with E-state index in [4.69, 9.17) is 4.74 Å². The number of carbonyl (C=O) groups excluding carboxylic acids is 3. The molecule has 0 saturated carbocycles. The Bertz CT molecular complexity index is 978. The standard InChI is InChI=1S/C19H19N5O4/c25-17-5-4-16(18(26)20-17)23-8-13-12(19(23)27)2-1-3-15(13)24-9-14(21-22-24)11-6-7-28-10-11/h1-3,9,11,16H,4-8,10H2,(H,20,25,26). The van der Waals surface area contributed by atoms with Gasteiger partial charge in [-0.1, -0.05) is 11.3 Å². The van der Waals surface area contributed by atoms with Crippen LogP contribution in [0.5, 0.6) is 0 Å². The van der Waals surface area contributed by atoms with Crippen LogP contribution in [-0.2, 0) is 20.9 Å². The number of rotatable bonds is 3. The summed E-state index contributed by atoms with van der Waals surface area (Å²) in [6.07, 6.45) is 3.38. The monoisotopic (exact) mass is 381 g/mol. The first-order valence-corrected chi connectivity index (χ1v) is 9.39. The SMILES string of the molecule is O=C1CCC(N2Cc3c(cccc3-n3cc(C4CCOC4)nn3)C2=O)C(=O)N1. The Kier molecular flexibility index (Phi) is 3.97. The summed E-state index contributed by atoms with van der Waals surface area (Å²) in [5.74, 6) is -0.664. The second kappa shape index (κ2) is 6.52. The summed E-state index contributed by atoms with van der Waals surface area (Å²) in [5, 5.41) is 10.9. The number of benzene rings is 1. The minimum absolute atomic E-state index is 0.198. The normalized spacial score (nSPS) is 24.6. The molecule has 5 rings (SSSR count). The van der Waals surface area contributed by atoms with Crippen molar-refractivity contribution < 1.29 is 19.1 Å². The molecule has 1 aromatic heterocycles. The van der Waals surface area contributed by atoms with Crippen molar-refractivity contribution in [2.45, 2.75) is 37.8 Å². The van der Waals surface area contributed by atoms with E-state index in [1.54, 1.807) is 21.7 Å². The first kappa shape index (κ1) is 17.1. The van der Waals surface area contributed by atoms with Crippen LogP contribution in [0, 0.1) is 0 Å². The smallest absolute Gasteiger partial charge is 0.255 e. The number of ether oxygens (including phenoxy) is 1. The third-order valence-electron chi connectivity index (χ3n) is 5.66. The van der Waals surface area contributed by atoms with Crippen LogP contribution in [0.4, 0.5) is 0 Å². The number of fused-ring (bicyclic) bond motifs is 1. The quantitative estimate of drug-likeness (QED) is 0.778. The minimum atomic E-state index is -0.632. The fraction of sp³-hybridized carbons (Fsp3) is 0.421. The lowest BCUT2D eigenvalue weighted by Gasteiger charge is -2.29. The molecule has 2 saturated heterocycles. The van der Waals surface area contributed by atoms with Crippen molar-refractivity contribution in [3.8, 4) is 5.69 Å². The minimum Gasteiger partial charge on any atom is -0.381 e. The highest BCUT2D eigenvalue weighted by Gasteiger charge is 2.40. The Labute approximate surface area is 160 Å². The molecule has 3 aliphatic rings. The molecule has 28 heavy (non-hydrogen) atoms. The van der Waals surface area contributed by atoms with Crippen LogP contribution in [0.25, 0.3) is 5.69 Å². The van der Waals surface area contributed by atoms with Gasteiger partial charge in [-0.3, -0.25) is 19.7 Å². The molecule has 2 aromatic rings. The third kappa shape index (κ3) is 2.70. The van der Waals surface area contributed by atoms with Crippen molar-refractivity contribution in [1.29, 1.82) is 0 Å². The van der Waals surface area contributed by atoms with Crippen molar-refractivity contribution in [1.82, 2.24) is 25.2 Å².